The van der Waals surface area contributed by atoms with Crippen LogP contribution in [0.2, 0.25) is 0 Å². The second-order valence-corrected chi connectivity index (χ2v) is 4.93. The van der Waals surface area contributed by atoms with Gasteiger partial charge in [-0.25, -0.2) is 4.79 Å². The molecule has 18 heavy (non-hydrogen) atoms. The molecule has 2 atom stereocenters. The van der Waals surface area contributed by atoms with Gasteiger partial charge in [0.1, 0.15) is 0 Å². The Labute approximate surface area is 107 Å². The molecule has 1 fully saturated rings. The smallest absolute Gasteiger partial charge is 0.319 e. The van der Waals surface area contributed by atoms with Gasteiger partial charge < -0.3 is 15.7 Å². The maximum absolute atomic E-state index is 11.8. The summed E-state index contributed by atoms with van der Waals surface area (Å²) in [6.07, 6.45) is 3.31. The maximum Gasteiger partial charge on any atom is 0.319 e. The van der Waals surface area contributed by atoms with Crippen LogP contribution in [0.4, 0.5) is 10.5 Å². The number of nitrogens with one attached hydrogen (secondary N) is 2. The summed E-state index contributed by atoms with van der Waals surface area (Å²) in [5.41, 5.74) is 1.88. The van der Waals surface area contributed by atoms with E-state index in [-0.39, 0.29) is 12.1 Å². The number of carbonyl (C=O) groups excluding carboxylic acids is 1. The lowest BCUT2D eigenvalue weighted by atomic mass is 9.93. The third-order valence-electron chi connectivity index (χ3n) is 3.32. The molecule has 1 aliphatic carbocycles. The van der Waals surface area contributed by atoms with Crippen LogP contribution in [0.25, 0.3) is 0 Å². The average Bonchev–Trinajstić information content (AvgIpc) is 2.32. The first-order valence-electron chi connectivity index (χ1n) is 6.47. The normalized spacial score (nSPS) is 23.4. The number of rotatable bonds is 2. The highest BCUT2D eigenvalue weighted by molar-refractivity contribution is 5.89. The largest absolute Gasteiger partial charge is 0.391 e. The number of urea groups is 1. The summed E-state index contributed by atoms with van der Waals surface area (Å²) in [4.78, 5) is 11.8. The Kier molecular flexibility index (Phi) is 4.20. The molecule has 4 heteroatoms. The molecule has 98 valence electrons. The Morgan fingerprint density at radius 2 is 2.11 bits per heavy atom. The first-order valence-corrected chi connectivity index (χ1v) is 6.47. The molecule has 2 rings (SSSR count). The summed E-state index contributed by atoms with van der Waals surface area (Å²) < 4.78 is 0. The van der Waals surface area contributed by atoms with Gasteiger partial charge in [0.15, 0.2) is 0 Å². The van der Waals surface area contributed by atoms with Crippen LogP contribution in [0.5, 0.6) is 0 Å². The van der Waals surface area contributed by atoms with E-state index in [4.69, 9.17) is 0 Å². The standard InChI is InChI=1S/C14H20N2O2/c1-10-5-4-6-11(9-10)15-14(18)16-12-7-2-3-8-13(12)17/h4-6,9,12-13,17H,2-3,7-8H2,1H3,(H2,15,16,18). The third kappa shape index (κ3) is 3.47. The van der Waals surface area contributed by atoms with Crippen LogP contribution in [0, 0.1) is 6.92 Å². The lowest BCUT2D eigenvalue weighted by Crippen LogP contribution is -2.46. The van der Waals surface area contributed by atoms with E-state index in [1.807, 2.05) is 31.2 Å². The Morgan fingerprint density at radius 3 is 2.83 bits per heavy atom. The zero-order chi connectivity index (χ0) is 13.0. The Balaban J connectivity index is 1.88. The quantitative estimate of drug-likeness (QED) is 0.752. The highest BCUT2D eigenvalue weighted by Gasteiger charge is 2.24. The van der Waals surface area contributed by atoms with E-state index in [9.17, 15) is 9.90 Å². The molecule has 1 aliphatic rings. The Morgan fingerprint density at radius 1 is 1.33 bits per heavy atom. The van der Waals surface area contributed by atoms with Gasteiger partial charge in [-0.05, 0) is 37.5 Å². The zero-order valence-corrected chi connectivity index (χ0v) is 10.6. The number of aryl methyl sites for hydroxylation is 1. The molecule has 0 bridgehead atoms. The van der Waals surface area contributed by atoms with E-state index in [2.05, 4.69) is 10.6 Å². The number of hydrogen-bond donors (Lipinski definition) is 3. The highest BCUT2D eigenvalue weighted by atomic mass is 16.3. The van der Waals surface area contributed by atoms with Crippen molar-refractivity contribution in [2.24, 2.45) is 0 Å². The molecule has 2 unspecified atom stereocenters. The van der Waals surface area contributed by atoms with Crippen LogP contribution in [0.1, 0.15) is 31.2 Å². The molecule has 2 amide bonds. The molecule has 1 aromatic carbocycles. The maximum atomic E-state index is 11.8. The monoisotopic (exact) mass is 248 g/mol. The number of amides is 2. The Hall–Kier alpha value is -1.55. The molecule has 0 aromatic heterocycles. The second-order valence-electron chi connectivity index (χ2n) is 4.93. The van der Waals surface area contributed by atoms with E-state index >= 15 is 0 Å². The van der Waals surface area contributed by atoms with E-state index < -0.39 is 6.10 Å². The summed E-state index contributed by atoms with van der Waals surface area (Å²) in [7, 11) is 0. The summed E-state index contributed by atoms with van der Waals surface area (Å²) in [6, 6.07) is 7.28. The number of benzene rings is 1. The molecular formula is C14H20N2O2. The minimum absolute atomic E-state index is 0.122. The van der Waals surface area contributed by atoms with Crippen molar-refractivity contribution in [3.05, 3.63) is 29.8 Å². The van der Waals surface area contributed by atoms with Crippen LogP contribution < -0.4 is 10.6 Å². The number of hydrogen-bond acceptors (Lipinski definition) is 2. The summed E-state index contributed by atoms with van der Waals surface area (Å²) >= 11 is 0. The summed E-state index contributed by atoms with van der Waals surface area (Å²) in [5, 5.41) is 15.4. The third-order valence-corrected chi connectivity index (χ3v) is 3.32. The number of carbonyl (C=O) groups is 1. The van der Waals surface area contributed by atoms with Crippen molar-refractivity contribution in [2.75, 3.05) is 5.32 Å². The van der Waals surface area contributed by atoms with Crippen LogP contribution in [-0.4, -0.2) is 23.3 Å². The molecule has 1 saturated carbocycles. The van der Waals surface area contributed by atoms with Gasteiger partial charge in [-0.3, -0.25) is 0 Å². The van der Waals surface area contributed by atoms with Crippen molar-refractivity contribution in [1.82, 2.24) is 5.32 Å². The molecule has 0 radical (unpaired) electrons. The van der Waals surface area contributed by atoms with E-state index in [1.165, 1.54) is 0 Å². The first kappa shape index (κ1) is 12.9. The van der Waals surface area contributed by atoms with E-state index in [0.29, 0.717) is 0 Å². The molecule has 0 aliphatic heterocycles. The van der Waals surface area contributed by atoms with Gasteiger partial charge in [-0.1, -0.05) is 25.0 Å². The van der Waals surface area contributed by atoms with Crippen molar-refractivity contribution in [3.63, 3.8) is 0 Å². The van der Waals surface area contributed by atoms with Crippen LogP contribution >= 0.6 is 0 Å². The number of aliphatic hydroxyl groups is 1. The topological polar surface area (TPSA) is 61.4 Å². The predicted molar refractivity (Wildman–Crippen MR) is 71.6 cm³/mol. The van der Waals surface area contributed by atoms with Gasteiger partial charge >= 0.3 is 6.03 Å². The fourth-order valence-corrected chi connectivity index (χ4v) is 2.34. The number of anilines is 1. The molecule has 0 spiro atoms. The van der Waals surface area contributed by atoms with Crippen LogP contribution in [0.3, 0.4) is 0 Å². The van der Waals surface area contributed by atoms with E-state index in [0.717, 1.165) is 36.9 Å². The summed E-state index contributed by atoms with van der Waals surface area (Å²) in [5.74, 6) is 0. The van der Waals surface area contributed by atoms with Crippen LogP contribution in [0.15, 0.2) is 24.3 Å². The zero-order valence-electron chi connectivity index (χ0n) is 10.6. The average molecular weight is 248 g/mol. The lowest BCUT2D eigenvalue weighted by molar-refractivity contribution is 0.0955. The van der Waals surface area contributed by atoms with Crippen molar-refractivity contribution >= 4 is 11.7 Å². The van der Waals surface area contributed by atoms with E-state index in [1.54, 1.807) is 0 Å². The fraction of sp³-hybridized carbons (Fsp3) is 0.500. The minimum atomic E-state index is -0.415. The van der Waals surface area contributed by atoms with Gasteiger partial charge in [0.25, 0.3) is 0 Å². The van der Waals surface area contributed by atoms with Crippen molar-refractivity contribution < 1.29 is 9.90 Å². The van der Waals surface area contributed by atoms with Crippen LogP contribution in [-0.2, 0) is 0 Å². The highest BCUT2D eigenvalue weighted by Crippen LogP contribution is 2.18. The lowest BCUT2D eigenvalue weighted by Gasteiger charge is -2.28. The van der Waals surface area contributed by atoms with Gasteiger partial charge in [0.2, 0.25) is 0 Å². The van der Waals surface area contributed by atoms with Crippen molar-refractivity contribution in [2.45, 2.75) is 44.8 Å². The molecule has 0 saturated heterocycles. The molecule has 0 heterocycles. The summed E-state index contributed by atoms with van der Waals surface area (Å²) in [6.45, 7) is 1.98. The van der Waals surface area contributed by atoms with Gasteiger partial charge in [-0.2, -0.15) is 0 Å². The Bertz CT molecular complexity index is 420. The second kappa shape index (κ2) is 5.87. The van der Waals surface area contributed by atoms with Gasteiger partial charge in [0, 0.05) is 5.69 Å². The fourth-order valence-electron chi connectivity index (χ4n) is 2.34. The van der Waals surface area contributed by atoms with Crippen molar-refractivity contribution in [3.8, 4) is 0 Å². The first-order chi connectivity index (χ1) is 8.65. The minimum Gasteiger partial charge on any atom is -0.391 e. The van der Waals surface area contributed by atoms with Gasteiger partial charge in [0.05, 0.1) is 12.1 Å². The molecule has 3 N–H and O–H groups in total. The molecule has 1 aromatic rings. The number of aliphatic hydroxyl groups excluding tert-OH is 1. The van der Waals surface area contributed by atoms with Gasteiger partial charge in [-0.15, -0.1) is 0 Å². The van der Waals surface area contributed by atoms with Crippen molar-refractivity contribution in [1.29, 1.82) is 0 Å². The predicted octanol–water partition coefficient (Wildman–Crippen LogP) is 2.42. The SMILES string of the molecule is Cc1cccc(NC(=O)NC2CCCCC2O)c1. The molecule has 4 nitrogen and oxygen atoms in total. The molecular weight excluding hydrogens is 228 g/mol.